The summed E-state index contributed by atoms with van der Waals surface area (Å²) in [4.78, 5) is 10.7. The highest BCUT2D eigenvalue weighted by atomic mass is 16.5. The Bertz CT molecular complexity index is 442. The lowest BCUT2D eigenvalue weighted by Crippen LogP contribution is -2.31. The van der Waals surface area contributed by atoms with Crippen LogP contribution in [0.2, 0.25) is 0 Å². The number of hydrazine groups is 1. The minimum Gasteiger partial charge on any atom is -0.494 e. The van der Waals surface area contributed by atoms with Crippen LogP contribution in [0.4, 0.5) is 0 Å². The fourth-order valence-corrected chi connectivity index (χ4v) is 1.15. The molecule has 0 amide bonds. The molecule has 1 aromatic rings. The third kappa shape index (κ3) is 3.56. The molecule has 0 heterocycles. The Morgan fingerprint density at radius 3 is 2.33 bits per heavy atom. The maximum atomic E-state index is 10.7. The number of nitrogens with one attached hydrogen (secondary N) is 1. The van der Waals surface area contributed by atoms with E-state index in [0.717, 1.165) is 0 Å². The van der Waals surface area contributed by atoms with Gasteiger partial charge in [0.25, 0.3) is 0 Å². The van der Waals surface area contributed by atoms with E-state index in [-0.39, 0.29) is 5.88 Å². The summed E-state index contributed by atoms with van der Waals surface area (Å²) < 4.78 is 10.5. The van der Waals surface area contributed by atoms with Crippen LogP contribution in [0.25, 0.3) is 0 Å². The van der Waals surface area contributed by atoms with E-state index < -0.39 is 11.7 Å². The first-order valence-electron chi connectivity index (χ1n) is 5.18. The molecule has 0 radical (unpaired) electrons. The maximum absolute atomic E-state index is 10.7. The number of hydrogen-bond acceptors (Lipinski definition) is 6. The topological polar surface area (TPSA) is 120 Å². The first-order valence-corrected chi connectivity index (χ1v) is 5.18. The van der Waals surface area contributed by atoms with Crippen molar-refractivity contribution in [2.24, 2.45) is 11.6 Å². The zero-order valence-corrected chi connectivity index (χ0v) is 9.84. The number of benzene rings is 1. The molecule has 0 saturated carbocycles. The molecule has 0 aliphatic heterocycles. The number of hydrogen-bond donors (Lipinski definition) is 4. The zero-order valence-electron chi connectivity index (χ0n) is 9.84. The molecule has 1 rings (SSSR count). The summed E-state index contributed by atoms with van der Waals surface area (Å²) >= 11 is 0. The van der Waals surface area contributed by atoms with E-state index in [9.17, 15) is 4.79 Å². The fraction of sp³-hybridized carbons (Fsp3) is 0.182. The molecule has 0 saturated heterocycles. The van der Waals surface area contributed by atoms with E-state index in [2.05, 4.69) is 5.43 Å². The van der Waals surface area contributed by atoms with Gasteiger partial charge in [0.05, 0.1) is 6.61 Å². The standard InChI is InChI=1S/C11H15N3O4/c1-2-17-7-3-5-8(6-4-7)18-10(14-13)9(12)11(15)16/h3-6,14H,2,12-13H2,1H3,(H,15,16)/b10-9+. The molecule has 0 aromatic heterocycles. The molecule has 98 valence electrons. The van der Waals surface area contributed by atoms with Gasteiger partial charge in [0.15, 0.2) is 5.70 Å². The minimum absolute atomic E-state index is 0.230. The van der Waals surface area contributed by atoms with Crippen molar-refractivity contribution >= 4 is 5.97 Å². The first kappa shape index (κ1) is 13.7. The van der Waals surface area contributed by atoms with Crippen LogP contribution in [-0.2, 0) is 4.79 Å². The molecule has 0 aliphatic carbocycles. The summed E-state index contributed by atoms with van der Waals surface area (Å²) in [5.41, 5.74) is 6.87. The van der Waals surface area contributed by atoms with Crippen LogP contribution < -0.4 is 26.5 Å². The Kier molecular flexibility index (Phi) is 4.82. The van der Waals surface area contributed by atoms with E-state index in [0.29, 0.717) is 18.1 Å². The lowest BCUT2D eigenvalue weighted by molar-refractivity contribution is -0.132. The zero-order chi connectivity index (χ0) is 13.5. The van der Waals surface area contributed by atoms with Gasteiger partial charge in [-0.3, -0.25) is 5.43 Å². The number of nitrogens with two attached hydrogens (primary N) is 2. The largest absolute Gasteiger partial charge is 0.494 e. The molecule has 1 aromatic carbocycles. The summed E-state index contributed by atoms with van der Waals surface area (Å²) in [5.74, 6) is 4.65. The van der Waals surface area contributed by atoms with Crippen molar-refractivity contribution in [1.82, 2.24) is 5.43 Å². The highest BCUT2D eigenvalue weighted by Gasteiger charge is 2.12. The lowest BCUT2D eigenvalue weighted by atomic mass is 10.3. The van der Waals surface area contributed by atoms with Crippen LogP contribution in [-0.4, -0.2) is 17.7 Å². The van der Waals surface area contributed by atoms with Gasteiger partial charge in [0, 0.05) is 0 Å². The summed E-state index contributed by atoms with van der Waals surface area (Å²) in [6, 6.07) is 6.59. The summed E-state index contributed by atoms with van der Waals surface area (Å²) in [5, 5.41) is 8.70. The lowest BCUT2D eigenvalue weighted by Gasteiger charge is -2.11. The summed E-state index contributed by atoms with van der Waals surface area (Å²) in [6.07, 6.45) is 0. The number of ether oxygens (including phenoxy) is 2. The number of carboxylic acid groups (broad SMARTS) is 1. The molecule has 18 heavy (non-hydrogen) atoms. The molecule has 0 spiro atoms. The number of aliphatic carboxylic acids is 1. The van der Waals surface area contributed by atoms with Crippen molar-refractivity contribution in [3.05, 3.63) is 35.8 Å². The number of carboxylic acids is 1. The second-order valence-electron chi connectivity index (χ2n) is 3.20. The Hall–Kier alpha value is -2.41. The van der Waals surface area contributed by atoms with Gasteiger partial charge in [0.2, 0.25) is 5.88 Å². The molecule has 0 bridgehead atoms. The molecule has 0 unspecified atom stereocenters. The van der Waals surface area contributed by atoms with Crippen LogP contribution in [0.5, 0.6) is 11.5 Å². The molecular formula is C11H15N3O4. The van der Waals surface area contributed by atoms with Crippen molar-refractivity contribution < 1.29 is 19.4 Å². The summed E-state index contributed by atoms with van der Waals surface area (Å²) in [7, 11) is 0. The monoisotopic (exact) mass is 253 g/mol. The quantitative estimate of drug-likeness (QED) is 0.246. The van der Waals surface area contributed by atoms with Crippen molar-refractivity contribution in [2.75, 3.05) is 6.61 Å². The van der Waals surface area contributed by atoms with Crippen LogP contribution in [0.1, 0.15) is 6.92 Å². The van der Waals surface area contributed by atoms with E-state index in [1.807, 2.05) is 6.92 Å². The van der Waals surface area contributed by atoms with E-state index >= 15 is 0 Å². The maximum Gasteiger partial charge on any atom is 0.357 e. The highest BCUT2D eigenvalue weighted by Crippen LogP contribution is 2.19. The Labute approximate surface area is 104 Å². The van der Waals surface area contributed by atoms with Crippen LogP contribution in [0, 0.1) is 0 Å². The Balaban J connectivity index is 2.83. The van der Waals surface area contributed by atoms with Gasteiger partial charge >= 0.3 is 5.97 Å². The average Bonchev–Trinajstić information content (AvgIpc) is 2.37. The smallest absolute Gasteiger partial charge is 0.357 e. The van der Waals surface area contributed by atoms with Gasteiger partial charge in [-0.1, -0.05) is 0 Å². The van der Waals surface area contributed by atoms with Crippen molar-refractivity contribution in [2.45, 2.75) is 6.92 Å². The van der Waals surface area contributed by atoms with Crippen molar-refractivity contribution in [1.29, 1.82) is 0 Å². The van der Waals surface area contributed by atoms with Gasteiger partial charge in [-0.2, -0.15) is 0 Å². The van der Waals surface area contributed by atoms with Crippen LogP contribution in [0.15, 0.2) is 35.8 Å². The van der Waals surface area contributed by atoms with Crippen molar-refractivity contribution in [3.63, 3.8) is 0 Å². The van der Waals surface area contributed by atoms with Gasteiger partial charge in [0.1, 0.15) is 11.5 Å². The van der Waals surface area contributed by atoms with E-state index in [1.165, 1.54) is 0 Å². The first-order chi connectivity index (χ1) is 8.58. The molecular weight excluding hydrogens is 238 g/mol. The van der Waals surface area contributed by atoms with Crippen molar-refractivity contribution in [3.8, 4) is 11.5 Å². The highest BCUT2D eigenvalue weighted by molar-refractivity contribution is 5.85. The Morgan fingerprint density at radius 1 is 1.33 bits per heavy atom. The van der Waals surface area contributed by atoms with Gasteiger partial charge < -0.3 is 20.3 Å². The van der Waals surface area contributed by atoms with Gasteiger partial charge in [-0.05, 0) is 31.2 Å². The molecule has 0 fully saturated rings. The van der Waals surface area contributed by atoms with Gasteiger partial charge in [-0.25, -0.2) is 10.6 Å². The predicted molar refractivity (Wildman–Crippen MR) is 64.4 cm³/mol. The Morgan fingerprint density at radius 2 is 1.89 bits per heavy atom. The number of carbonyl (C=O) groups is 1. The average molecular weight is 253 g/mol. The number of rotatable bonds is 6. The van der Waals surface area contributed by atoms with E-state index in [1.54, 1.807) is 24.3 Å². The molecule has 6 N–H and O–H groups in total. The third-order valence-electron chi connectivity index (χ3n) is 1.96. The molecule has 0 atom stereocenters. The predicted octanol–water partition coefficient (Wildman–Crippen LogP) is 0.140. The van der Waals surface area contributed by atoms with E-state index in [4.69, 9.17) is 26.2 Å². The summed E-state index contributed by atoms with van der Waals surface area (Å²) in [6.45, 7) is 2.43. The minimum atomic E-state index is -1.33. The fourth-order valence-electron chi connectivity index (χ4n) is 1.15. The third-order valence-corrected chi connectivity index (χ3v) is 1.96. The second-order valence-corrected chi connectivity index (χ2v) is 3.20. The van der Waals surface area contributed by atoms with Crippen LogP contribution >= 0.6 is 0 Å². The molecule has 7 heteroatoms. The van der Waals surface area contributed by atoms with Gasteiger partial charge in [-0.15, -0.1) is 0 Å². The normalized spacial score (nSPS) is 11.4. The van der Waals surface area contributed by atoms with Crippen LogP contribution in [0.3, 0.4) is 0 Å². The molecule has 0 aliphatic rings. The second kappa shape index (κ2) is 6.36. The SMILES string of the molecule is CCOc1ccc(O/C(NN)=C(/N)C(=O)O)cc1. The molecule has 7 nitrogen and oxygen atoms in total.